The highest BCUT2D eigenvalue weighted by Crippen LogP contribution is 2.33. The molecule has 1 atom stereocenters. The lowest BCUT2D eigenvalue weighted by atomic mass is 10.2. The maximum absolute atomic E-state index is 13.0. The Morgan fingerprint density at radius 2 is 1.86 bits per heavy atom. The van der Waals surface area contributed by atoms with Gasteiger partial charge in [0.25, 0.3) is 0 Å². The van der Waals surface area contributed by atoms with Crippen molar-refractivity contribution in [1.82, 2.24) is 4.31 Å². The van der Waals surface area contributed by atoms with Crippen molar-refractivity contribution in [2.24, 2.45) is 0 Å². The van der Waals surface area contributed by atoms with Crippen LogP contribution in [0.2, 0.25) is 0 Å². The fourth-order valence-electron chi connectivity index (χ4n) is 2.75. The van der Waals surface area contributed by atoms with Gasteiger partial charge in [-0.3, -0.25) is 4.79 Å². The van der Waals surface area contributed by atoms with E-state index in [4.69, 9.17) is 9.47 Å². The first kappa shape index (κ1) is 21.6. The van der Waals surface area contributed by atoms with Crippen LogP contribution in [0.4, 0.5) is 5.69 Å². The smallest absolute Gasteiger partial charge is 0.243 e. The van der Waals surface area contributed by atoms with E-state index in [1.165, 1.54) is 28.2 Å². The molecular formula is C20H24N2O5S2. The summed E-state index contributed by atoms with van der Waals surface area (Å²) in [6.45, 7) is 3.12. The van der Waals surface area contributed by atoms with Crippen molar-refractivity contribution in [2.75, 3.05) is 37.9 Å². The van der Waals surface area contributed by atoms with Crippen LogP contribution in [-0.4, -0.2) is 56.4 Å². The molecule has 0 aliphatic carbocycles. The monoisotopic (exact) mass is 436 g/mol. The highest BCUT2D eigenvalue weighted by Gasteiger charge is 2.27. The zero-order valence-electron chi connectivity index (χ0n) is 16.3. The van der Waals surface area contributed by atoms with Crippen molar-refractivity contribution in [3.63, 3.8) is 0 Å². The lowest BCUT2D eigenvalue weighted by Crippen LogP contribution is -2.40. The molecular weight excluding hydrogens is 412 g/mol. The summed E-state index contributed by atoms with van der Waals surface area (Å²) in [5.74, 6) is 0.736. The number of para-hydroxylation sites is 1. The van der Waals surface area contributed by atoms with Gasteiger partial charge in [-0.05, 0) is 43.5 Å². The summed E-state index contributed by atoms with van der Waals surface area (Å²) < 4.78 is 38.5. The Bertz CT molecular complexity index is 945. The number of hydrogen-bond acceptors (Lipinski definition) is 6. The lowest BCUT2D eigenvalue weighted by Gasteiger charge is -2.26. The number of benzene rings is 2. The molecule has 1 saturated heterocycles. The van der Waals surface area contributed by atoms with Gasteiger partial charge in [-0.1, -0.05) is 18.2 Å². The predicted molar refractivity (Wildman–Crippen MR) is 114 cm³/mol. The SMILES string of the molecule is CSC(C)C(=O)Nc1cc(S(=O)(=O)N2CCOCC2)ccc1Oc1ccccc1. The average Bonchev–Trinajstić information content (AvgIpc) is 2.75. The van der Waals surface area contributed by atoms with Crippen molar-refractivity contribution in [2.45, 2.75) is 17.1 Å². The fourth-order valence-corrected chi connectivity index (χ4v) is 4.46. The molecule has 0 spiro atoms. The third-order valence-corrected chi connectivity index (χ3v) is 7.33. The molecule has 1 aliphatic heterocycles. The molecule has 156 valence electrons. The third-order valence-electron chi connectivity index (χ3n) is 4.51. The summed E-state index contributed by atoms with van der Waals surface area (Å²) in [5, 5.41) is 2.51. The number of nitrogens with one attached hydrogen (secondary N) is 1. The molecule has 0 radical (unpaired) electrons. The molecule has 1 aliphatic rings. The molecule has 7 nitrogen and oxygen atoms in total. The second-order valence-corrected chi connectivity index (χ2v) is 9.57. The number of carbonyl (C=O) groups excluding carboxylic acids is 1. The van der Waals surface area contributed by atoms with Crippen molar-refractivity contribution < 1.29 is 22.7 Å². The van der Waals surface area contributed by atoms with Gasteiger partial charge < -0.3 is 14.8 Å². The number of anilines is 1. The van der Waals surface area contributed by atoms with Crippen molar-refractivity contribution in [1.29, 1.82) is 0 Å². The molecule has 9 heteroatoms. The normalized spacial score (nSPS) is 16.2. The van der Waals surface area contributed by atoms with Crippen LogP contribution in [0.3, 0.4) is 0 Å². The van der Waals surface area contributed by atoms with E-state index < -0.39 is 10.0 Å². The minimum absolute atomic E-state index is 0.104. The van der Waals surface area contributed by atoms with Crippen LogP contribution in [0.1, 0.15) is 6.92 Å². The second-order valence-electron chi connectivity index (χ2n) is 6.46. The maximum Gasteiger partial charge on any atom is 0.243 e. The molecule has 1 amide bonds. The molecule has 2 aromatic carbocycles. The number of amides is 1. The molecule has 1 N–H and O–H groups in total. The van der Waals surface area contributed by atoms with E-state index in [1.54, 1.807) is 25.1 Å². The van der Waals surface area contributed by atoms with Crippen LogP contribution in [0, 0.1) is 0 Å². The number of nitrogens with zero attached hydrogens (tertiary/aromatic N) is 1. The second kappa shape index (κ2) is 9.62. The van der Waals surface area contributed by atoms with Crippen LogP contribution in [0.5, 0.6) is 11.5 Å². The van der Waals surface area contributed by atoms with Crippen LogP contribution in [0.15, 0.2) is 53.4 Å². The molecule has 29 heavy (non-hydrogen) atoms. The number of carbonyl (C=O) groups is 1. The van der Waals surface area contributed by atoms with E-state index >= 15 is 0 Å². The number of sulfonamides is 1. The number of hydrogen-bond donors (Lipinski definition) is 1. The zero-order valence-corrected chi connectivity index (χ0v) is 18.0. The van der Waals surface area contributed by atoms with Crippen LogP contribution in [-0.2, 0) is 19.6 Å². The van der Waals surface area contributed by atoms with Crippen LogP contribution < -0.4 is 10.1 Å². The Morgan fingerprint density at radius 1 is 1.17 bits per heavy atom. The Hall–Kier alpha value is -2.07. The van der Waals surface area contributed by atoms with Gasteiger partial charge in [-0.25, -0.2) is 8.42 Å². The van der Waals surface area contributed by atoms with Crippen molar-refractivity contribution >= 4 is 33.4 Å². The summed E-state index contributed by atoms with van der Waals surface area (Å²) in [7, 11) is -3.69. The molecule has 1 fully saturated rings. The van der Waals surface area contributed by atoms with E-state index in [0.29, 0.717) is 43.5 Å². The number of rotatable bonds is 7. The Labute approximate surface area is 175 Å². The van der Waals surface area contributed by atoms with Crippen molar-refractivity contribution in [3.8, 4) is 11.5 Å². The minimum Gasteiger partial charge on any atom is -0.455 e. The fraction of sp³-hybridized carbons (Fsp3) is 0.350. The summed E-state index contributed by atoms with van der Waals surface area (Å²) in [5.41, 5.74) is 0.314. The maximum atomic E-state index is 13.0. The van der Waals surface area contributed by atoms with Crippen LogP contribution >= 0.6 is 11.8 Å². The standard InChI is InChI=1S/C20H24N2O5S2/c1-15(28-2)20(23)21-18-14-17(29(24,25)22-10-12-26-13-11-22)8-9-19(18)27-16-6-4-3-5-7-16/h3-9,14-15H,10-13H2,1-2H3,(H,21,23). The predicted octanol–water partition coefficient (Wildman–Crippen LogP) is 3.19. The summed E-state index contributed by atoms with van der Waals surface area (Å²) in [4.78, 5) is 12.6. The average molecular weight is 437 g/mol. The molecule has 0 bridgehead atoms. The van der Waals surface area contributed by atoms with Crippen LogP contribution in [0.25, 0.3) is 0 Å². The van der Waals surface area contributed by atoms with E-state index in [-0.39, 0.29) is 16.1 Å². The first-order valence-corrected chi connectivity index (χ1v) is 11.9. The first-order valence-electron chi connectivity index (χ1n) is 9.20. The molecule has 1 heterocycles. The largest absolute Gasteiger partial charge is 0.455 e. The van der Waals surface area contributed by atoms with Gasteiger partial charge in [0.05, 0.1) is 29.0 Å². The van der Waals surface area contributed by atoms with Gasteiger partial charge in [0.15, 0.2) is 5.75 Å². The summed E-state index contributed by atoms with van der Waals surface area (Å²) in [6, 6.07) is 13.6. The first-order chi connectivity index (χ1) is 13.9. The molecule has 2 aromatic rings. The molecule has 0 aromatic heterocycles. The number of thioether (sulfide) groups is 1. The molecule has 3 rings (SSSR count). The van der Waals surface area contributed by atoms with Gasteiger partial charge in [0.1, 0.15) is 5.75 Å². The zero-order chi connectivity index (χ0) is 20.9. The topological polar surface area (TPSA) is 84.9 Å². The van der Waals surface area contributed by atoms with E-state index in [1.807, 2.05) is 24.5 Å². The van der Waals surface area contributed by atoms with E-state index in [9.17, 15) is 13.2 Å². The van der Waals surface area contributed by atoms with E-state index in [2.05, 4.69) is 5.32 Å². The summed E-state index contributed by atoms with van der Waals surface area (Å²) in [6.07, 6.45) is 1.84. The highest BCUT2D eigenvalue weighted by atomic mass is 32.2. The van der Waals surface area contributed by atoms with E-state index in [0.717, 1.165) is 0 Å². The van der Waals surface area contributed by atoms with Gasteiger partial charge >= 0.3 is 0 Å². The highest BCUT2D eigenvalue weighted by molar-refractivity contribution is 7.99. The minimum atomic E-state index is -3.69. The quantitative estimate of drug-likeness (QED) is 0.718. The Morgan fingerprint density at radius 3 is 2.52 bits per heavy atom. The molecule has 1 unspecified atom stereocenters. The lowest BCUT2D eigenvalue weighted by molar-refractivity contribution is -0.115. The van der Waals surface area contributed by atoms with Gasteiger partial charge in [-0.15, -0.1) is 0 Å². The third kappa shape index (κ3) is 5.30. The van der Waals surface area contributed by atoms with Gasteiger partial charge in [-0.2, -0.15) is 16.1 Å². The Kier molecular flexibility index (Phi) is 7.18. The van der Waals surface area contributed by atoms with Gasteiger partial charge in [0, 0.05) is 13.1 Å². The molecule has 0 saturated carbocycles. The van der Waals surface area contributed by atoms with Gasteiger partial charge in [0.2, 0.25) is 15.9 Å². The number of ether oxygens (including phenoxy) is 2. The Balaban J connectivity index is 1.95. The summed E-state index contributed by atoms with van der Waals surface area (Å²) >= 11 is 1.40. The van der Waals surface area contributed by atoms with Crippen molar-refractivity contribution in [3.05, 3.63) is 48.5 Å². The number of morpholine rings is 1.